The Morgan fingerprint density at radius 3 is 2.54 bits per heavy atom. The van der Waals surface area contributed by atoms with Gasteiger partial charge in [-0.15, -0.1) is 0 Å². The summed E-state index contributed by atoms with van der Waals surface area (Å²) in [5.41, 5.74) is 6.03. The fourth-order valence-corrected chi connectivity index (χ4v) is 3.50. The molecule has 3 aromatic rings. The first kappa shape index (κ1) is 15.2. The lowest BCUT2D eigenvalue weighted by atomic mass is 10.0. The number of nitrogens with zero attached hydrogens (tertiary/aromatic N) is 2. The van der Waals surface area contributed by atoms with Crippen molar-refractivity contribution < 1.29 is 0 Å². The number of aromatic nitrogens is 1. The number of hydrogen-bond donors (Lipinski definition) is 1. The van der Waals surface area contributed by atoms with Gasteiger partial charge in [0.15, 0.2) is 0 Å². The van der Waals surface area contributed by atoms with Gasteiger partial charge in [-0.25, -0.2) is 4.98 Å². The smallest absolute Gasteiger partial charge is 0.0762 e. The fraction of sp³-hybridized carbons (Fsp3) is 0.286. The molecule has 2 aromatic carbocycles. The van der Waals surface area contributed by atoms with Crippen molar-refractivity contribution in [3.8, 4) is 11.3 Å². The van der Waals surface area contributed by atoms with Crippen LogP contribution < -0.4 is 10.2 Å². The molecular formula is C21H23N3. The number of pyridine rings is 1. The molecule has 0 atom stereocenters. The van der Waals surface area contributed by atoms with Crippen molar-refractivity contribution in [1.82, 2.24) is 10.3 Å². The normalized spacial score (nSPS) is 15.0. The number of benzene rings is 2. The molecule has 1 aromatic heterocycles. The highest BCUT2D eigenvalue weighted by Crippen LogP contribution is 2.32. The SMILES string of the molecule is CCc1cccc2c(N3CCNCC3)cc(-c3ccccc3)nc12. The Morgan fingerprint density at radius 2 is 1.79 bits per heavy atom. The molecular weight excluding hydrogens is 294 g/mol. The lowest BCUT2D eigenvalue weighted by Crippen LogP contribution is -2.43. The van der Waals surface area contributed by atoms with Gasteiger partial charge in [0.1, 0.15) is 0 Å². The first-order valence-corrected chi connectivity index (χ1v) is 8.80. The Labute approximate surface area is 143 Å². The molecule has 122 valence electrons. The van der Waals surface area contributed by atoms with Gasteiger partial charge in [-0.05, 0) is 18.1 Å². The Kier molecular flexibility index (Phi) is 4.18. The van der Waals surface area contributed by atoms with E-state index in [0.29, 0.717) is 0 Å². The van der Waals surface area contributed by atoms with Crippen molar-refractivity contribution >= 4 is 16.6 Å². The van der Waals surface area contributed by atoms with E-state index >= 15 is 0 Å². The predicted octanol–water partition coefficient (Wildman–Crippen LogP) is 3.87. The molecule has 1 fully saturated rings. The summed E-state index contributed by atoms with van der Waals surface area (Å²) in [5, 5.41) is 4.72. The number of rotatable bonds is 3. The van der Waals surface area contributed by atoms with Gasteiger partial charge in [0.05, 0.1) is 11.2 Å². The van der Waals surface area contributed by atoms with Crippen molar-refractivity contribution in [3.63, 3.8) is 0 Å². The van der Waals surface area contributed by atoms with E-state index in [1.165, 1.54) is 22.2 Å². The highest BCUT2D eigenvalue weighted by molar-refractivity contribution is 5.96. The fourth-order valence-electron chi connectivity index (χ4n) is 3.50. The molecule has 1 aliphatic rings. The van der Waals surface area contributed by atoms with Crippen molar-refractivity contribution in [3.05, 3.63) is 60.2 Å². The first-order valence-electron chi connectivity index (χ1n) is 8.80. The Hall–Kier alpha value is -2.39. The minimum Gasteiger partial charge on any atom is -0.368 e. The summed E-state index contributed by atoms with van der Waals surface area (Å²) in [4.78, 5) is 7.52. The summed E-state index contributed by atoms with van der Waals surface area (Å²) in [6.45, 7) is 6.37. The summed E-state index contributed by atoms with van der Waals surface area (Å²) in [6, 6.07) is 19.3. The molecule has 4 rings (SSSR count). The molecule has 0 aliphatic carbocycles. The van der Waals surface area contributed by atoms with Crippen LogP contribution in [0.1, 0.15) is 12.5 Å². The third-order valence-corrected chi connectivity index (χ3v) is 4.81. The van der Waals surface area contributed by atoms with E-state index < -0.39 is 0 Å². The van der Waals surface area contributed by atoms with Crippen LogP contribution in [0, 0.1) is 0 Å². The molecule has 1 N–H and O–H groups in total. The van der Waals surface area contributed by atoms with Crippen LogP contribution in [0.25, 0.3) is 22.2 Å². The molecule has 0 radical (unpaired) electrons. The first-order chi connectivity index (χ1) is 11.9. The van der Waals surface area contributed by atoms with Crippen molar-refractivity contribution in [2.24, 2.45) is 0 Å². The van der Waals surface area contributed by atoms with Gasteiger partial charge in [-0.3, -0.25) is 0 Å². The van der Waals surface area contributed by atoms with Gasteiger partial charge >= 0.3 is 0 Å². The molecule has 0 saturated carbocycles. The Bertz CT molecular complexity index is 836. The summed E-state index contributed by atoms with van der Waals surface area (Å²) >= 11 is 0. The second kappa shape index (κ2) is 6.62. The van der Waals surface area contributed by atoms with E-state index in [0.717, 1.165) is 43.8 Å². The molecule has 24 heavy (non-hydrogen) atoms. The van der Waals surface area contributed by atoms with Crippen LogP contribution in [0.3, 0.4) is 0 Å². The van der Waals surface area contributed by atoms with Crippen LogP contribution in [0.4, 0.5) is 5.69 Å². The molecule has 3 nitrogen and oxygen atoms in total. The standard InChI is InChI=1S/C21H23N3/c1-2-16-9-6-10-18-20(24-13-11-22-12-14-24)15-19(23-21(16)18)17-7-4-3-5-8-17/h3-10,15,22H,2,11-14H2,1H3. The van der Waals surface area contributed by atoms with E-state index in [-0.39, 0.29) is 0 Å². The number of para-hydroxylation sites is 1. The third-order valence-electron chi connectivity index (χ3n) is 4.81. The average molecular weight is 317 g/mol. The molecule has 0 spiro atoms. The van der Waals surface area contributed by atoms with Crippen LogP contribution in [0.15, 0.2) is 54.6 Å². The summed E-state index contributed by atoms with van der Waals surface area (Å²) < 4.78 is 0. The van der Waals surface area contributed by atoms with Gasteiger partial charge < -0.3 is 10.2 Å². The summed E-state index contributed by atoms with van der Waals surface area (Å²) in [7, 11) is 0. The highest BCUT2D eigenvalue weighted by atomic mass is 15.2. The summed E-state index contributed by atoms with van der Waals surface area (Å²) in [6.07, 6.45) is 1.00. The Morgan fingerprint density at radius 1 is 1.00 bits per heavy atom. The number of fused-ring (bicyclic) bond motifs is 1. The van der Waals surface area contributed by atoms with Gasteiger partial charge in [0.2, 0.25) is 0 Å². The van der Waals surface area contributed by atoms with Gasteiger partial charge in [0.25, 0.3) is 0 Å². The third kappa shape index (κ3) is 2.76. The lowest BCUT2D eigenvalue weighted by Gasteiger charge is -2.31. The number of anilines is 1. The van der Waals surface area contributed by atoms with Gasteiger partial charge in [-0.2, -0.15) is 0 Å². The zero-order valence-electron chi connectivity index (χ0n) is 14.1. The van der Waals surface area contributed by atoms with Gasteiger partial charge in [-0.1, -0.05) is 55.5 Å². The second-order valence-corrected chi connectivity index (χ2v) is 6.30. The van der Waals surface area contributed by atoms with Crippen LogP contribution in [0.2, 0.25) is 0 Å². The predicted molar refractivity (Wildman–Crippen MR) is 102 cm³/mol. The molecule has 2 heterocycles. The zero-order chi connectivity index (χ0) is 16.4. The maximum atomic E-state index is 5.03. The highest BCUT2D eigenvalue weighted by Gasteiger charge is 2.17. The number of aryl methyl sites for hydroxylation is 1. The number of nitrogens with one attached hydrogen (secondary N) is 1. The van der Waals surface area contributed by atoms with Crippen molar-refractivity contribution in [2.45, 2.75) is 13.3 Å². The van der Waals surface area contributed by atoms with E-state index in [1.54, 1.807) is 0 Å². The molecule has 3 heteroatoms. The topological polar surface area (TPSA) is 28.2 Å². The number of piperazine rings is 1. The van der Waals surface area contributed by atoms with Crippen molar-refractivity contribution in [2.75, 3.05) is 31.1 Å². The maximum Gasteiger partial charge on any atom is 0.0762 e. The van der Waals surface area contributed by atoms with Crippen molar-refractivity contribution in [1.29, 1.82) is 0 Å². The monoisotopic (exact) mass is 317 g/mol. The average Bonchev–Trinajstić information content (AvgIpc) is 2.68. The molecule has 1 saturated heterocycles. The minimum atomic E-state index is 1.00. The summed E-state index contributed by atoms with van der Waals surface area (Å²) in [5.74, 6) is 0. The molecule has 0 unspecified atom stereocenters. The van der Waals surface area contributed by atoms with Crippen LogP contribution in [-0.2, 0) is 6.42 Å². The lowest BCUT2D eigenvalue weighted by molar-refractivity contribution is 0.590. The van der Waals surface area contributed by atoms with E-state index in [2.05, 4.69) is 71.7 Å². The number of hydrogen-bond acceptors (Lipinski definition) is 3. The quantitative estimate of drug-likeness (QED) is 0.795. The van der Waals surface area contributed by atoms with Gasteiger partial charge in [0, 0.05) is 42.8 Å². The van der Waals surface area contributed by atoms with E-state index in [1.807, 2.05) is 0 Å². The molecule has 0 amide bonds. The molecule has 1 aliphatic heterocycles. The van der Waals surface area contributed by atoms with E-state index in [9.17, 15) is 0 Å². The van der Waals surface area contributed by atoms with Crippen LogP contribution in [0.5, 0.6) is 0 Å². The Balaban J connectivity index is 1.94. The van der Waals surface area contributed by atoms with E-state index in [4.69, 9.17) is 4.98 Å². The molecule has 0 bridgehead atoms. The zero-order valence-corrected chi connectivity index (χ0v) is 14.1. The largest absolute Gasteiger partial charge is 0.368 e. The maximum absolute atomic E-state index is 5.03. The minimum absolute atomic E-state index is 1.00. The second-order valence-electron chi connectivity index (χ2n) is 6.30. The van der Waals surface area contributed by atoms with Crippen LogP contribution >= 0.6 is 0 Å². The van der Waals surface area contributed by atoms with Crippen LogP contribution in [-0.4, -0.2) is 31.2 Å².